The molecule has 3 atom stereocenters. The maximum atomic E-state index is 13.7. The number of alkyl halides is 1. The molecular weight excluding hydrogens is 497 g/mol. The molecule has 1 aromatic rings. The summed E-state index contributed by atoms with van der Waals surface area (Å²) in [7, 11) is -1.89. The summed E-state index contributed by atoms with van der Waals surface area (Å²) in [6.45, 7) is 6.41. The molecule has 2 aliphatic rings. The molecule has 0 saturated carbocycles. The number of carbonyl (C=O) groups is 2. The first-order valence-corrected chi connectivity index (χ1v) is 12.7. The predicted octanol–water partition coefficient (Wildman–Crippen LogP) is 2.13. The smallest absolute Gasteiger partial charge is 0.447 e. The number of likely N-dealkylation sites (tertiary alicyclic amines) is 2. The summed E-state index contributed by atoms with van der Waals surface area (Å²) in [4.78, 5) is 29.3. The number of hydrogen-bond donors (Lipinski definition) is 3. The first kappa shape index (κ1) is 29.5. The van der Waals surface area contributed by atoms with Crippen molar-refractivity contribution in [3.8, 4) is 6.07 Å². The van der Waals surface area contributed by atoms with E-state index in [1.807, 2.05) is 24.8 Å². The number of benzene rings is 1. The molecular formula is C26H35BF2N4O5. The van der Waals surface area contributed by atoms with Crippen LogP contribution in [0.25, 0.3) is 0 Å². The van der Waals surface area contributed by atoms with E-state index in [9.17, 15) is 33.7 Å². The highest BCUT2D eigenvalue weighted by Gasteiger charge is 2.43. The fraction of sp³-hybridized carbons (Fsp3) is 0.577. The Kier molecular flexibility index (Phi) is 9.52. The summed E-state index contributed by atoms with van der Waals surface area (Å²) >= 11 is 0. The topological polar surface area (TPSA) is 126 Å². The predicted molar refractivity (Wildman–Crippen MR) is 137 cm³/mol. The second-order valence-electron chi connectivity index (χ2n) is 10.8. The quantitative estimate of drug-likeness (QED) is 0.253. The normalized spacial score (nSPS) is 23.2. The molecule has 2 heterocycles. The molecule has 0 aromatic heterocycles. The van der Waals surface area contributed by atoms with Gasteiger partial charge in [-0.15, -0.1) is 0 Å². The van der Waals surface area contributed by atoms with Gasteiger partial charge >= 0.3 is 13.2 Å². The van der Waals surface area contributed by atoms with Crippen LogP contribution in [0.15, 0.2) is 35.9 Å². The number of hydrogen-bond acceptors (Lipinski definition) is 7. The van der Waals surface area contributed by atoms with E-state index in [-0.39, 0.29) is 25.1 Å². The van der Waals surface area contributed by atoms with Crippen LogP contribution in [0.1, 0.15) is 45.6 Å². The van der Waals surface area contributed by atoms with Crippen molar-refractivity contribution >= 4 is 19.1 Å². The standard InChI is InChI=1S/C26H35BF2N4O5/c1-25(2,32-12-9-21(29)16-32)14-19(15-30)23(34)33-11-4-10-26(33,3)17-38-24(35)31-22(27(36)37)13-18-5-7-20(28)8-6-18/h5-8,14,21-22,36-37H,4,9-13,16-17H2,1-3H3,(H,31,35)/t21-,22?,26+/m0/s1. The summed E-state index contributed by atoms with van der Waals surface area (Å²) < 4.78 is 32.3. The Balaban J connectivity index is 1.64. The molecule has 2 amide bonds. The Hall–Kier alpha value is -3.01. The summed E-state index contributed by atoms with van der Waals surface area (Å²) in [6, 6.07) is 7.40. The molecule has 206 valence electrons. The molecule has 2 aliphatic heterocycles. The lowest BCUT2D eigenvalue weighted by Gasteiger charge is -2.36. The van der Waals surface area contributed by atoms with Crippen molar-refractivity contribution in [3.05, 3.63) is 47.3 Å². The Labute approximate surface area is 222 Å². The van der Waals surface area contributed by atoms with Gasteiger partial charge in [-0.25, -0.2) is 13.6 Å². The molecule has 2 fully saturated rings. The monoisotopic (exact) mass is 532 g/mol. The third-order valence-electron chi connectivity index (χ3n) is 7.33. The number of alkyl carbamates (subject to hydrolysis) is 1. The van der Waals surface area contributed by atoms with Gasteiger partial charge in [0.2, 0.25) is 0 Å². The number of ether oxygens (including phenoxy) is 1. The van der Waals surface area contributed by atoms with Crippen molar-refractivity contribution < 1.29 is 33.2 Å². The van der Waals surface area contributed by atoms with Crippen LogP contribution in [0.5, 0.6) is 0 Å². The van der Waals surface area contributed by atoms with Gasteiger partial charge in [0.25, 0.3) is 5.91 Å². The number of amides is 2. The van der Waals surface area contributed by atoms with Crippen molar-refractivity contribution in [1.82, 2.24) is 15.1 Å². The van der Waals surface area contributed by atoms with Gasteiger partial charge in [0, 0.05) is 25.2 Å². The van der Waals surface area contributed by atoms with Crippen LogP contribution in [0.2, 0.25) is 0 Å². The van der Waals surface area contributed by atoms with Gasteiger partial charge in [-0.2, -0.15) is 5.26 Å². The van der Waals surface area contributed by atoms with Crippen LogP contribution < -0.4 is 5.32 Å². The second kappa shape index (κ2) is 12.2. The summed E-state index contributed by atoms with van der Waals surface area (Å²) in [5.74, 6) is -2.03. The zero-order valence-electron chi connectivity index (χ0n) is 22.0. The van der Waals surface area contributed by atoms with Gasteiger partial charge in [0.15, 0.2) is 0 Å². The number of nitrogens with zero attached hydrogens (tertiary/aromatic N) is 3. The maximum absolute atomic E-state index is 13.7. The lowest BCUT2D eigenvalue weighted by Crippen LogP contribution is -2.52. The third kappa shape index (κ3) is 7.31. The minimum Gasteiger partial charge on any atom is -0.447 e. The molecule has 2 saturated heterocycles. The Morgan fingerprint density at radius 2 is 2.03 bits per heavy atom. The number of rotatable bonds is 9. The van der Waals surface area contributed by atoms with Gasteiger partial charge < -0.3 is 25.0 Å². The highest BCUT2D eigenvalue weighted by molar-refractivity contribution is 6.43. The summed E-state index contributed by atoms with van der Waals surface area (Å²) in [5.41, 5.74) is -1.05. The summed E-state index contributed by atoms with van der Waals surface area (Å²) in [5, 5.41) is 31.6. The summed E-state index contributed by atoms with van der Waals surface area (Å²) in [6.07, 6.45) is 1.35. The van der Waals surface area contributed by atoms with Crippen LogP contribution in [0, 0.1) is 17.1 Å². The average Bonchev–Trinajstić information content (AvgIpc) is 3.48. The van der Waals surface area contributed by atoms with Crippen molar-refractivity contribution in [2.24, 2.45) is 0 Å². The van der Waals surface area contributed by atoms with Gasteiger partial charge in [-0.05, 0) is 70.2 Å². The van der Waals surface area contributed by atoms with E-state index in [1.54, 1.807) is 13.0 Å². The zero-order valence-corrected chi connectivity index (χ0v) is 22.0. The van der Waals surface area contributed by atoms with Crippen molar-refractivity contribution in [2.75, 3.05) is 26.2 Å². The van der Waals surface area contributed by atoms with Crippen molar-refractivity contribution in [3.63, 3.8) is 0 Å². The fourth-order valence-electron chi connectivity index (χ4n) is 5.01. The van der Waals surface area contributed by atoms with Crippen molar-refractivity contribution in [2.45, 2.75) is 69.6 Å². The molecule has 3 rings (SSSR count). The van der Waals surface area contributed by atoms with Gasteiger partial charge in [-0.1, -0.05) is 12.1 Å². The minimum atomic E-state index is -1.89. The van der Waals surface area contributed by atoms with E-state index in [0.717, 1.165) is 0 Å². The van der Waals surface area contributed by atoms with E-state index < -0.39 is 48.1 Å². The van der Waals surface area contributed by atoms with Crippen LogP contribution in [0.4, 0.5) is 13.6 Å². The highest BCUT2D eigenvalue weighted by Crippen LogP contribution is 2.32. The highest BCUT2D eigenvalue weighted by atomic mass is 19.1. The number of nitriles is 1. The first-order chi connectivity index (χ1) is 17.8. The molecule has 0 aliphatic carbocycles. The zero-order chi connectivity index (χ0) is 28.1. The third-order valence-corrected chi connectivity index (χ3v) is 7.33. The van der Waals surface area contributed by atoms with Gasteiger partial charge in [-0.3, -0.25) is 9.69 Å². The van der Waals surface area contributed by atoms with E-state index in [4.69, 9.17) is 4.74 Å². The number of nitrogens with one attached hydrogen (secondary N) is 1. The maximum Gasteiger partial charge on any atom is 0.475 e. The van der Waals surface area contributed by atoms with Crippen LogP contribution in [-0.4, -0.2) is 88.4 Å². The van der Waals surface area contributed by atoms with E-state index >= 15 is 0 Å². The van der Waals surface area contributed by atoms with Crippen LogP contribution in [0.3, 0.4) is 0 Å². The molecule has 1 aromatic carbocycles. The first-order valence-electron chi connectivity index (χ1n) is 12.7. The molecule has 0 radical (unpaired) electrons. The second-order valence-corrected chi connectivity index (χ2v) is 10.8. The number of carbonyl (C=O) groups excluding carboxylic acids is 2. The Bertz CT molecular complexity index is 1080. The van der Waals surface area contributed by atoms with E-state index in [1.165, 1.54) is 29.2 Å². The molecule has 3 N–H and O–H groups in total. The molecule has 38 heavy (non-hydrogen) atoms. The molecule has 1 unspecified atom stereocenters. The van der Waals surface area contributed by atoms with Gasteiger partial charge in [0.05, 0.1) is 11.5 Å². The molecule has 9 nitrogen and oxygen atoms in total. The molecule has 12 heteroatoms. The molecule has 0 bridgehead atoms. The lowest BCUT2D eigenvalue weighted by molar-refractivity contribution is -0.131. The average molecular weight is 532 g/mol. The Morgan fingerprint density at radius 1 is 1.34 bits per heavy atom. The largest absolute Gasteiger partial charge is 0.475 e. The number of halogens is 2. The van der Waals surface area contributed by atoms with Gasteiger partial charge in [0.1, 0.15) is 30.2 Å². The van der Waals surface area contributed by atoms with Crippen LogP contribution in [-0.2, 0) is 16.0 Å². The lowest BCUT2D eigenvalue weighted by atomic mass is 9.76. The molecule has 0 spiro atoms. The Morgan fingerprint density at radius 3 is 2.61 bits per heavy atom. The van der Waals surface area contributed by atoms with Crippen LogP contribution >= 0.6 is 0 Å². The van der Waals surface area contributed by atoms with Crippen molar-refractivity contribution in [1.29, 1.82) is 5.26 Å². The minimum absolute atomic E-state index is 0.0290. The fourth-order valence-corrected chi connectivity index (χ4v) is 5.01. The SMILES string of the molecule is CC(C)(C=C(C#N)C(=O)N1CCC[C@]1(C)COC(=O)NC(Cc1ccc(F)cc1)B(O)O)N1CC[C@H](F)C1. The van der Waals surface area contributed by atoms with E-state index in [2.05, 4.69) is 5.32 Å². The van der Waals surface area contributed by atoms with E-state index in [0.29, 0.717) is 37.9 Å².